The number of carbonyl (C=O) groups excluding carboxylic acids is 1. The van der Waals surface area contributed by atoms with Crippen molar-refractivity contribution in [2.45, 2.75) is 6.61 Å². The number of nitrogens with zero attached hydrogens (tertiary/aromatic N) is 2. The first-order chi connectivity index (χ1) is 12.7. The second kappa shape index (κ2) is 8.35. The van der Waals surface area contributed by atoms with Gasteiger partial charge in [0, 0.05) is 5.56 Å². The smallest absolute Gasteiger partial charge is 0.344 e. The van der Waals surface area contributed by atoms with E-state index in [1.807, 2.05) is 6.07 Å². The second-order valence-electron chi connectivity index (χ2n) is 5.12. The van der Waals surface area contributed by atoms with E-state index in [2.05, 4.69) is 10.1 Å². The molecule has 1 heterocycles. The maximum atomic E-state index is 11.8. The second-order valence-corrected chi connectivity index (χ2v) is 5.52. The van der Waals surface area contributed by atoms with Gasteiger partial charge in [-0.25, -0.2) is 4.79 Å². The fourth-order valence-electron chi connectivity index (χ4n) is 2.06. The van der Waals surface area contributed by atoms with Crippen LogP contribution in [0.4, 0.5) is 0 Å². The van der Waals surface area contributed by atoms with Crippen molar-refractivity contribution in [2.75, 3.05) is 13.7 Å². The zero-order chi connectivity index (χ0) is 18.4. The monoisotopic (exact) mass is 374 g/mol. The molecular weight excluding hydrogens is 360 g/mol. The summed E-state index contributed by atoms with van der Waals surface area (Å²) in [6.07, 6.45) is 0. The molecule has 0 bridgehead atoms. The van der Waals surface area contributed by atoms with Gasteiger partial charge < -0.3 is 18.7 Å². The van der Waals surface area contributed by atoms with Gasteiger partial charge in [-0.05, 0) is 36.4 Å². The van der Waals surface area contributed by atoms with E-state index in [-0.39, 0.29) is 19.1 Å². The van der Waals surface area contributed by atoms with Crippen LogP contribution in [0.1, 0.15) is 5.89 Å². The average Bonchev–Trinajstić information content (AvgIpc) is 3.14. The van der Waals surface area contributed by atoms with Crippen molar-refractivity contribution in [3.8, 4) is 22.9 Å². The van der Waals surface area contributed by atoms with Crippen LogP contribution in [0.15, 0.2) is 53.1 Å². The van der Waals surface area contributed by atoms with Crippen LogP contribution in [0, 0.1) is 0 Å². The number of methoxy groups -OCH3 is 1. The highest BCUT2D eigenvalue weighted by molar-refractivity contribution is 6.33. The standard InChI is InChI=1S/C18H15ClN2O5/c1-23-12-6-8-13(9-7-12)24-11-17(22)25-10-16-20-18(21-26-16)14-4-2-3-5-15(14)19/h2-9H,10-11H2,1H3. The Morgan fingerprint density at radius 1 is 1.12 bits per heavy atom. The number of aromatic nitrogens is 2. The Kier molecular flexibility index (Phi) is 5.70. The van der Waals surface area contributed by atoms with Crippen molar-refractivity contribution >= 4 is 17.6 Å². The molecule has 7 nitrogen and oxygen atoms in total. The molecule has 2 aromatic carbocycles. The molecule has 0 saturated heterocycles. The lowest BCUT2D eigenvalue weighted by molar-refractivity contribution is -0.148. The summed E-state index contributed by atoms with van der Waals surface area (Å²) in [5, 5.41) is 4.33. The van der Waals surface area contributed by atoms with Crippen molar-refractivity contribution in [3.63, 3.8) is 0 Å². The van der Waals surface area contributed by atoms with Crippen LogP contribution >= 0.6 is 11.6 Å². The largest absolute Gasteiger partial charge is 0.497 e. The molecule has 0 unspecified atom stereocenters. The first-order valence-electron chi connectivity index (χ1n) is 7.65. The molecule has 0 N–H and O–H groups in total. The molecule has 8 heteroatoms. The normalized spacial score (nSPS) is 10.4. The lowest BCUT2D eigenvalue weighted by Gasteiger charge is -2.06. The SMILES string of the molecule is COc1ccc(OCC(=O)OCc2nc(-c3ccccc3Cl)no2)cc1. The number of rotatable bonds is 7. The van der Waals surface area contributed by atoms with Crippen LogP contribution in [0.5, 0.6) is 11.5 Å². The Bertz CT molecular complexity index is 879. The molecule has 0 aliphatic heterocycles. The summed E-state index contributed by atoms with van der Waals surface area (Å²) in [7, 11) is 1.57. The number of esters is 1. The van der Waals surface area contributed by atoms with Crippen molar-refractivity contribution < 1.29 is 23.5 Å². The third-order valence-corrected chi connectivity index (χ3v) is 3.69. The van der Waals surface area contributed by atoms with Crippen LogP contribution in [-0.2, 0) is 16.1 Å². The number of hydrogen-bond donors (Lipinski definition) is 0. The third-order valence-electron chi connectivity index (χ3n) is 3.36. The maximum absolute atomic E-state index is 11.8. The lowest BCUT2D eigenvalue weighted by atomic mass is 10.2. The zero-order valence-electron chi connectivity index (χ0n) is 13.8. The Morgan fingerprint density at radius 3 is 2.58 bits per heavy atom. The van der Waals surface area contributed by atoms with Crippen LogP contribution < -0.4 is 9.47 Å². The number of benzene rings is 2. The zero-order valence-corrected chi connectivity index (χ0v) is 14.6. The highest BCUT2D eigenvalue weighted by atomic mass is 35.5. The van der Waals surface area contributed by atoms with Gasteiger partial charge in [-0.15, -0.1) is 0 Å². The summed E-state index contributed by atoms with van der Waals surface area (Å²) in [6.45, 7) is -0.389. The molecule has 0 atom stereocenters. The number of ether oxygens (including phenoxy) is 3. The average molecular weight is 375 g/mol. The first kappa shape index (κ1) is 17.8. The molecule has 0 radical (unpaired) electrons. The predicted octanol–water partition coefficient (Wildman–Crippen LogP) is 3.52. The minimum Gasteiger partial charge on any atom is -0.497 e. The van der Waals surface area contributed by atoms with Crippen molar-refractivity contribution in [1.82, 2.24) is 10.1 Å². The summed E-state index contributed by atoms with van der Waals surface area (Å²) in [6, 6.07) is 14.0. The van der Waals surface area contributed by atoms with Gasteiger partial charge >= 0.3 is 5.97 Å². The third kappa shape index (κ3) is 4.52. The molecule has 0 fully saturated rings. The Labute approximate surface area is 154 Å². The van der Waals surface area contributed by atoms with Crippen molar-refractivity contribution in [2.24, 2.45) is 0 Å². The summed E-state index contributed by atoms with van der Waals surface area (Å²) in [4.78, 5) is 15.9. The molecule has 134 valence electrons. The molecule has 0 aliphatic carbocycles. The van der Waals surface area contributed by atoms with Gasteiger partial charge in [0.05, 0.1) is 12.1 Å². The molecule has 3 aromatic rings. The van der Waals surface area contributed by atoms with Gasteiger partial charge in [0.1, 0.15) is 11.5 Å². The van der Waals surface area contributed by atoms with Gasteiger partial charge in [0.2, 0.25) is 5.82 Å². The molecular formula is C18H15ClN2O5. The highest BCUT2D eigenvalue weighted by Crippen LogP contribution is 2.25. The van der Waals surface area contributed by atoms with Crippen molar-refractivity contribution in [1.29, 1.82) is 0 Å². The van der Waals surface area contributed by atoms with E-state index in [0.29, 0.717) is 27.9 Å². The van der Waals surface area contributed by atoms with E-state index >= 15 is 0 Å². The summed E-state index contributed by atoms with van der Waals surface area (Å²) in [5.74, 6) is 1.17. The first-order valence-corrected chi connectivity index (χ1v) is 8.03. The van der Waals surface area contributed by atoms with Gasteiger partial charge in [-0.3, -0.25) is 0 Å². The van der Waals surface area contributed by atoms with Crippen molar-refractivity contribution in [3.05, 3.63) is 59.4 Å². The molecule has 3 rings (SSSR count). The van der Waals surface area contributed by atoms with E-state index in [1.165, 1.54) is 0 Å². The quantitative estimate of drug-likeness (QED) is 0.585. The Hall–Kier alpha value is -3.06. The summed E-state index contributed by atoms with van der Waals surface area (Å²) >= 11 is 6.08. The van der Waals surface area contributed by atoms with Crippen LogP contribution in [0.3, 0.4) is 0 Å². The van der Waals surface area contributed by atoms with Gasteiger partial charge in [-0.2, -0.15) is 4.98 Å². The number of halogens is 1. The minimum absolute atomic E-state index is 0.151. The number of carbonyl (C=O) groups is 1. The lowest BCUT2D eigenvalue weighted by Crippen LogP contribution is -2.14. The maximum Gasteiger partial charge on any atom is 0.344 e. The van der Waals surface area contributed by atoms with E-state index in [9.17, 15) is 4.79 Å². The fraction of sp³-hybridized carbons (Fsp3) is 0.167. The molecule has 26 heavy (non-hydrogen) atoms. The van der Waals surface area contributed by atoms with E-state index in [0.717, 1.165) is 0 Å². The Balaban J connectivity index is 1.49. The topological polar surface area (TPSA) is 83.7 Å². The van der Waals surface area contributed by atoms with Gasteiger partial charge in [0.25, 0.3) is 5.89 Å². The molecule has 0 saturated carbocycles. The van der Waals surface area contributed by atoms with Crippen LogP contribution in [0.2, 0.25) is 5.02 Å². The molecule has 0 amide bonds. The van der Waals surface area contributed by atoms with E-state index in [4.69, 9.17) is 30.3 Å². The minimum atomic E-state index is -0.557. The summed E-state index contributed by atoms with van der Waals surface area (Å²) in [5.41, 5.74) is 0.637. The van der Waals surface area contributed by atoms with E-state index < -0.39 is 5.97 Å². The van der Waals surface area contributed by atoms with Gasteiger partial charge in [-0.1, -0.05) is 28.9 Å². The van der Waals surface area contributed by atoms with Crippen LogP contribution in [0.25, 0.3) is 11.4 Å². The molecule has 0 aliphatic rings. The van der Waals surface area contributed by atoms with E-state index in [1.54, 1.807) is 49.6 Å². The van der Waals surface area contributed by atoms with Crippen LogP contribution in [-0.4, -0.2) is 29.8 Å². The number of hydrogen-bond acceptors (Lipinski definition) is 7. The highest BCUT2D eigenvalue weighted by Gasteiger charge is 2.13. The predicted molar refractivity (Wildman–Crippen MR) is 93.0 cm³/mol. The fourth-order valence-corrected chi connectivity index (χ4v) is 2.28. The van der Waals surface area contributed by atoms with Gasteiger partial charge in [0.15, 0.2) is 13.2 Å². The molecule has 1 aromatic heterocycles. The molecule has 0 spiro atoms. The summed E-state index contributed by atoms with van der Waals surface area (Å²) < 4.78 is 20.5. The Morgan fingerprint density at radius 2 is 1.85 bits per heavy atom.